The van der Waals surface area contributed by atoms with E-state index in [1.807, 2.05) is 0 Å². The molecule has 1 aromatic carbocycles. The highest BCUT2D eigenvalue weighted by molar-refractivity contribution is 7.88. The van der Waals surface area contributed by atoms with E-state index < -0.39 is 16.1 Å². The van der Waals surface area contributed by atoms with Crippen LogP contribution in [0.2, 0.25) is 5.02 Å². The summed E-state index contributed by atoms with van der Waals surface area (Å²) < 4.78 is 31.4. The Kier molecular flexibility index (Phi) is 5.41. The van der Waals surface area contributed by atoms with Gasteiger partial charge in [0.15, 0.2) is 0 Å². The Morgan fingerprint density at radius 1 is 1.24 bits per heavy atom. The van der Waals surface area contributed by atoms with Crippen LogP contribution >= 0.6 is 11.6 Å². The first kappa shape index (κ1) is 16.0. The minimum Gasteiger partial charge on any atom is -0.467 e. The van der Waals surface area contributed by atoms with Crippen molar-refractivity contribution in [2.75, 3.05) is 6.54 Å². The van der Waals surface area contributed by atoms with Crippen LogP contribution in [-0.2, 0) is 15.8 Å². The van der Waals surface area contributed by atoms with Crippen LogP contribution in [0.3, 0.4) is 0 Å². The normalized spacial score (nSPS) is 13.2. The van der Waals surface area contributed by atoms with Crippen molar-refractivity contribution >= 4 is 21.6 Å². The molecule has 7 heteroatoms. The van der Waals surface area contributed by atoms with Crippen molar-refractivity contribution in [2.45, 2.75) is 18.3 Å². The minimum absolute atomic E-state index is 0.120. The molecule has 0 aliphatic rings. The minimum atomic E-state index is -3.50. The lowest BCUT2D eigenvalue weighted by molar-refractivity contribution is 0.142. The second kappa shape index (κ2) is 7.09. The highest BCUT2D eigenvalue weighted by atomic mass is 35.5. The summed E-state index contributed by atoms with van der Waals surface area (Å²) >= 11 is 5.94. The predicted octanol–water partition coefficient (Wildman–Crippen LogP) is 2.48. The standard InChI is InChI=1S/C14H16ClNO4S/c15-12-5-2-1-4-11(12)10-21(18,19)16-8-7-13(17)14-6-3-9-20-14/h1-6,9,13,16-17H,7-8,10H2. The van der Waals surface area contributed by atoms with Crippen molar-refractivity contribution < 1.29 is 17.9 Å². The fraction of sp³-hybridized carbons (Fsp3) is 0.286. The first-order valence-corrected chi connectivity index (χ1v) is 8.43. The Morgan fingerprint density at radius 2 is 2.00 bits per heavy atom. The predicted molar refractivity (Wildman–Crippen MR) is 80.4 cm³/mol. The summed E-state index contributed by atoms with van der Waals surface area (Å²) in [4.78, 5) is 0. The molecule has 0 aliphatic carbocycles. The van der Waals surface area contributed by atoms with Crippen LogP contribution in [0.15, 0.2) is 47.1 Å². The van der Waals surface area contributed by atoms with Crippen molar-refractivity contribution in [1.82, 2.24) is 4.72 Å². The van der Waals surface area contributed by atoms with Gasteiger partial charge in [0, 0.05) is 11.6 Å². The lowest BCUT2D eigenvalue weighted by Gasteiger charge is -2.10. The molecular formula is C14H16ClNO4S. The average Bonchev–Trinajstić information content (AvgIpc) is 2.95. The maximum atomic E-state index is 11.9. The molecule has 0 spiro atoms. The van der Waals surface area contributed by atoms with Gasteiger partial charge in [-0.1, -0.05) is 29.8 Å². The molecule has 0 aliphatic heterocycles. The van der Waals surface area contributed by atoms with Gasteiger partial charge in [-0.05, 0) is 30.2 Å². The van der Waals surface area contributed by atoms with E-state index >= 15 is 0 Å². The number of halogens is 1. The third-order valence-corrected chi connectivity index (χ3v) is 4.62. The molecule has 0 saturated heterocycles. The van der Waals surface area contributed by atoms with E-state index in [0.717, 1.165) is 0 Å². The van der Waals surface area contributed by atoms with E-state index in [1.54, 1.807) is 36.4 Å². The zero-order valence-corrected chi connectivity index (χ0v) is 12.8. The van der Waals surface area contributed by atoms with Gasteiger partial charge in [0.1, 0.15) is 11.9 Å². The maximum absolute atomic E-state index is 11.9. The Labute approximate surface area is 128 Å². The van der Waals surface area contributed by atoms with Crippen LogP contribution in [0.25, 0.3) is 0 Å². The third kappa shape index (κ3) is 4.86. The molecule has 21 heavy (non-hydrogen) atoms. The van der Waals surface area contributed by atoms with Gasteiger partial charge >= 0.3 is 0 Å². The lowest BCUT2D eigenvalue weighted by atomic mass is 10.2. The number of hydrogen-bond acceptors (Lipinski definition) is 4. The molecule has 0 saturated carbocycles. The highest BCUT2D eigenvalue weighted by Crippen LogP contribution is 2.18. The molecule has 5 nitrogen and oxygen atoms in total. The molecule has 0 fully saturated rings. The molecule has 1 atom stereocenters. The fourth-order valence-corrected chi connectivity index (χ4v) is 3.32. The van der Waals surface area contributed by atoms with E-state index in [4.69, 9.17) is 16.0 Å². The van der Waals surface area contributed by atoms with Gasteiger partial charge in [0.05, 0.1) is 12.0 Å². The molecule has 1 unspecified atom stereocenters. The summed E-state index contributed by atoms with van der Waals surface area (Å²) in [6, 6.07) is 10.1. The largest absolute Gasteiger partial charge is 0.467 e. The topological polar surface area (TPSA) is 79.5 Å². The van der Waals surface area contributed by atoms with Gasteiger partial charge in [-0.3, -0.25) is 0 Å². The zero-order chi connectivity index (χ0) is 15.3. The third-order valence-electron chi connectivity index (χ3n) is 2.91. The van der Waals surface area contributed by atoms with Crippen LogP contribution in [0, 0.1) is 0 Å². The van der Waals surface area contributed by atoms with Gasteiger partial charge in [-0.25, -0.2) is 13.1 Å². The van der Waals surface area contributed by atoms with E-state index in [9.17, 15) is 13.5 Å². The lowest BCUT2D eigenvalue weighted by Crippen LogP contribution is -2.27. The van der Waals surface area contributed by atoms with Crippen molar-refractivity contribution in [2.24, 2.45) is 0 Å². The smallest absolute Gasteiger partial charge is 0.215 e. The van der Waals surface area contributed by atoms with E-state index in [1.165, 1.54) is 6.26 Å². The van der Waals surface area contributed by atoms with Gasteiger partial charge in [-0.15, -0.1) is 0 Å². The van der Waals surface area contributed by atoms with Crippen LogP contribution < -0.4 is 4.72 Å². The van der Waals surface area contributed by atoms with Crippen molar-refractivity contribution in [3.63, 3.8) is 0 Å². The first-order valence-electron chi connectivity index (χ1n) is 6.40. The van der Waals surface area contributed by atoms with Gasteiger partial charge < -0.3 is 9.52 Å². The second-order valence-electron chi connectivity index (χ2n) is 4.56. The van der Waals surface area contributed by atoms with Crippen LogP contribution in [-0.4, -0.2) is 20.1 Å². The van der Waals surface area contributed by atoms with E-state index in [0.29, 0.717) is 16.3 Å². The highest BCUT2D eigenvalue weighted by Gasteiger charge is 2.15. The summed E-state index contributed by atoms with van der Waals surface area (Å²) in [5, 5.41) is 10.2. The van der Waals surface area contributed by atoms with Gasteiger partial charge in [0.2, 0.25) is 10.0 Å². The van der Waals surface area contributed by atoms with Crippen molar-refractivity contribution in [3.8, 4) is 0 Å². The Morgan fingerprint density at radius 3 is 2.67 bits per heavy atom. The van der Waals surface area contributed by atoms with Crippen LogP contribution in [0.5, 0.6) is 0 Å². The first-order chi connectivity index (χ1) is 9.98. The molecule has 0 bridgehead atoms. The molecule has 2 aromatic rings. The molecule has 1 aromatic heterocycles. The molecule has 114 valence electrons. The van der Waals surface area contributed by atoms with E-state index in [-0.39, 0.29) is 18.7 Å². The number of hydrogen-bond donors (Lipinski definition) is 2. The fourth-order valence-electron chi connectivity index (χ4n) is 1.85. The molecule has 1 heterocycles. The number of nitrogens with one attached hydrogen (secondary N) is 1. The summed E-state index contributed by atoms with van der Waals surface area (Å²) in [6.07, 6.45) is 0.859. The SMILES string of the molecule is O=S(=O)(Cc1ccccc1Cl)NCCC(O)c1ccco1. The van der Waals surface area contributed by atoms with Gasteiger partial charge in [-0.2, -0.15) is 0 Å². The Balaban J connectivity index is 1.86. The average molecular weight is 330 g/mol. The Bertz CT molecular complexity index is 670. The molecular weight excluding hydrogens is 314 g/mol. The quantitative estimate of drug-likeness (QED) is 0.818. The summed E-state index contributed by atoms with van der Waals surface area (Å²) in [7, 11) is -3.50. The number of sulfonamides is 1. The van der Waals surface area contributed by atoms with Crippen molar-refractivity contribution in [3.05, 3.63) is 59.0 Å². The number of benzene rings is 1. The van der Waals surface area contributed by atoms with Crippen molar-refractivity contribution in [1.29, 1.82) is 0 Å². The summed E-state index contributed by atoms with van der Waals surface area (Å²) in [5.74, 6) is 0.226. The number of aliphatic hydroxyl groups excluding tert-OH is 1. The van der Waals surface area contributed by atoms with Crippen LogP contribution in [0.1, 0.15) is 23.8 Å². The number of rotatable bonds is 7. The molecule has 2 rings (SSSR count). The summed E-state index contributed by atoms with van der Waals surface area (Å²) in [6.45, 7) is 0.120. The molecule has 0 radical (unpaired) electrons. The number of aliphatic hydroxyl groups is 1. The number of furan rings is 1. The Hall–Kier alpha value is -1.34. The maximum Gasteiger partial charge on any atom is 0.215 e. The second-order valence-corrected chi connectivity index (χ2v) is 6.78. The van der Waals surface area contributed by atoms with E-state index in [2.05, 4.69) is 4.72 Å². The van der Waals surface area contributed by atoms with Gasteiger partial charge in [0.25, 0.3) is 0 Å². The monoisotopic (exact) mass is 329 g/mol. The zero-order valence-electron chi connectivity index (χ0n) is 11.2. The van der Waals surface area contributed by atoms with Crippen LogP contribution in [0.4, 0.5) is 0 Å². The molecule has 0 amide bonds. The summed E-state index contributed by atoms with van der Waals surface area (Å²) in [5.41, 5.74) is 0.540. The molecule has 2 N–H and O–H groups in total.